The molecule has 0 amide bonds. The van der Waals surface area contributed by atoms with Gasteiger partial charge in [-0.25, -0.2) is 0 Å². The van der Waals surface area contributed by atoms with Crippen LogP contribution in [0.3, 0.4) is 0 Å². The van der Waals surface area contributed by atoms with Crippen LogP contribution in [0.5, 0.6) is 11.5 Å². The molecule has 0 aliphatic heterocycles. The minimum Gasteiger partial charge on any atom is -0.507 e. The van der Waals surface area contributed by atoms with E-state index >= 15 is 0 Å². The van der Waals surface area contributed by atoms with Crippen LogP contribution in [-0.2, 0) is 4.79 Å². The minimum absolute atomic E-state index is 0.506. The van der Waals surface area contributed by atoms with Crippen LogP contribution < -0.4 is 0 Å². The van der Waals surface area contributed by atoms with Gasteiger partial charge in [-0.3, -0.25) is 9.59 Å². The third-order valence-electron chi connectivity index (χ3n) is 2.48. The molecule has 1 aliphatic rings. The summed E-state index contributed by atoms with van der Waals surface area (Å²) in [5.41, 5.74) is 6.64. The molecule has 0 fully saturated rings. The zero-order chi connectivity index (χ0) is 14.3. The predicted octanol–water partition coefficient (Wildman–Crippen LogP) is 2.36. The molecule has 0 aromatic heterocycles. The number of fused-ring (bicyclic) bond motifs is 1. The maximum absolute atomic E-state index is 11.6. The number of aliphatic hydroxyl groups excluding tert-OH is 1. The summed E-state index contributed by atoms with van der Waals surface area (Å²) in [4.78, 5) is 25.3. The molecule has 0 atom stereocenters. The Bertz CT molecular complexity index is 719. The lowest BCUT2D eigenvalue weighted by Crippen LogP contribution is -2.19. The van der Waals surface area contributed by atoms with Crippen molar-refractivity contribution in [3.8, 4) is 11.5 Å². The Morgan fingerprint density at radius 3 is 2.37 bits per heavy atom. The Kier molecular flexibility index (Phi) is 2.82. The quantitative estimate of drug-likeness (QED) is 0.238. The highest BCUT2D eigenvalue weighted by atomic mass is 35.5. The highest BCUT2D eigenvalue weighted by Gasteiger charge is 2.34. The number of allylic oxidation sites excluding steroid dienone is 1. The summed E-state index contributed by atoms with van der Waals surface area (Å²) in [5.74, 6) is -4.61. The van der Waals surface area contributed by atoms with Gasteiger partial charge < -0.3 is 15.3 Å². The van der Waals surface area contributed by atoms with Crippen LogP contribution in [0, 0.1) is 0 Å². The van der Waals surface area contributed by atoms with Crippen LogP contribution in [0.4, 0.5) is 5.69 Å². The molecule has 0 bridgehead atoms. The maximum Gasteiger partial charge on any atom is 0.237 e. The van der Waals surface area contributed by atoms with Crippen molar-refractivity contribution in [2.24, 2.45) is 5.11 Å². The van der Waals surface area contributed by atoms with E-state index in [9.17, 15) is 24.9 Å². The van der Waals surface area contributed by atoms with Gasteiger partial charge in [-0.2, -0.15) is 0 Å². The van der Waals surface area contributed by atoms with Gasteiger partial charge in [-0.15, -0.1) is 0 Å². The largest absolute Gasteiger partial charge is 0.507 e. The van der Waals surface area contributed by atoms with Gasteiger partial charge >= 0.3 is 0 Å². The molecule has 1 aromatic rings. The molecule has 19 heavy (non-hydrogen) atoms. The van der Waals surface area contributed by atoms with E-state index in [0.29, 0.717) is 6.08 Å². The van der Waals surface area contributed by atoms with Crippen molar-refractivity contribution < 1.29 is 24.9 Å². The first-order valence-corrected chi connectivity index (χ1v) is 5.10. The standard InChI is InChI=1S/C10H4ClN3O5/c11-6-7(13-14-12)10(19)4-2(15)1-3(16)8(17)5(4)9(6)18/h1,15,18-19H. The first-order chi connectivity index (χ1) is 8.90. The third kappa shape index (κ3) is 1.67. The molecule has 0 spiro atoms. The second-order valence-corrected chi connectivity index (χ2v) is 3.90. The van der Waals surface area contributed by atoms with Crippen molar-refractivity contribution in [3.05, 3.63) is 32.7 Å². The molecule has 0 saturated carbocycles. The number of Topliss-reactive ketones (excluding diaryl/α,β-unsaturated/α-hetero) is 1. The molecule has 96 valence electrons. The number of aromatic hydroxyl groups is 2. The fourth-order valence-electron chi connectivity index (χ4n) is 1.67. The van der Waals surface area contributed by atoms with Crippen molar-refractivity contribution in [1.29, 1.82) is 0 Å². The topological polar surface area (TPSA) is 144 Å². The predicted molar refractivity (Wildman–Crippen MR) is 63.5 cm³/mol. The fourth-order valence-corrected chi connectivity index (χ4v) is 1.89. The molecule has 8 nitrogen and oxygen atoms in total. The number of carbonyl (C=O) groups is 2. The lowest BCUT2D eigenvalue weighted by atomic mass is 9.91. The molecule has 1 aliphatic carbocycles. The van der Waals surface area contributed by atoms with Crippen molar-refractivity contribution in [1.82, 2.24) is 0 Å². The Balaban J connectivity index is 2.98. The lowest BCUT2D eigenvalue weighted by molar-refractivity contribution is -0.111. The summed E-state index contributed by atoms with van der Waals surface area (Å²) >= 11 is 5.64. The summed E-state index contributed by atoms with van der Waals surface area (Å²) in [7, 11) is 0. The van der Waals surface area contributed by atoms with Crippen LogP contribution in [0.2, 0.25) is 5.02 Å². The number of halogens is 1. The van der Waals surface area contributed by atoms with Crippen molar-refractivity contribution in [2.45, 2.75) is 0 Å². The molecule has 0 radical (unpaired) electrons. The summed E-state index contributed by atoms with van der Waals surface area (Å²) in [6, 6.07) is 0. The number of rotatable bonds is 1. The van der Waals surface area contributed by atoms with E-state index in [0.717, 1.165) is 0 Å². The molecule has 0 saturated heterocycles. The SMILES string of the molecule is [N-]=[N+]=Nc1c(O)c2c(c(O)c1Cl)C(=O)C(=O)C=C2O. The van der Waals surface area contributed by atoms with E-state index in [1.54, 1.807) is 0 Å². The average Bonchev–Trinajstić information content (AvgIpc) is 2.36. The number of phenols is 2. The second kappa shape index (κ2) is 4.20. The number of benzene rings is 1. The maximum atomic E-state index is 11.6. The normalized spacial score (nSPS) is 13.6. The third-order valence-corrected chi connectivity index (χ3v) is 2.84. The number of phenolic OH excluding ortho intramolecular Hbond substituents is 2. The first-order valence-electron chi connectivity index (χ1n) is 4.72. The van der Waals surface area contributed by atoms with Gasteiger partial charge in [-0.1, -0.05) is 16.7 Å². The molecular weight excluding hydrogens is 278 g/mol. The smallest absolute Gasteiger partial charge is 0.237 e. The van der Waals surface area contributed by atoms with Gasteiger partial charge in [0.15, 0.2) is 0 Å². The van der Waals surface area contributed by atoms with Crippen molar-refractivity contribution in [2.75, 3.05) is 0 Å². The van der Waals surface area contributed by atoms with E-state index in [1.807, 2.05) is 0 Å². The summed E-state index contributed by atoms with van der Waals surface area (Å²) < 4.78 is 0. The molecule has 1 aromatic carbocycles. The van der Waals surface area contributed by atoms with Crippen LogP contribution in [0.15, 0.2) is 11.2 Å². The molecule has 0 heterocycles. The summed E-state index contributed by atoms with van der Waals surface area (Å²) in [6.45, 7) is 0. The van der Waals surface area contributed by atoms with Crippen LogP contribution in [-0.4, -0.2) is 26.9 Å². The van der Waals surface area contributed by atoms with Gasteiger partial charge in [0.25, 0.3) is 0 Å². The number of hydrogen-bond acceptors (Lipinski definition) is 6. The van der Waals surface area contributed by atoms with Crippen LogP contribution in [0.25, 0.3) is 16.2 Å². The zero-order valence-corrected chi connectivity index (χ0v) is 9.71. The van der Waals surface area contributed by atoms with Gasteiger partial charge in [0, 0.05) is 11.0 Å². The van der Waals surface area contributed by atoms with E-state index < -0.39 is 50.7 Å². The minimum atomic E-state index is -1.14. The lowest BCUT2D eigenvalue weighted by Gasteiger charge is -2.17. The van der Waals surface area contributed by atoms with Gasteiger partial charge in [0.1, 0.15) is 22.9 Å². The Morgan fingerprint density at radius 1 is 1.16 bits per heavy atom. The van der Waals surface area contributed by atoms with Crippen LogP contribution >= 0.6 is 11.6 Å². The first kappa shape index (κ1) is 12.7. The second-order valence-electron chi connectivity index (χ2n) is 3.52. The molecule has 0 unspecified atom stereocenters. The molecule has 2 rings (SSSR count). The van der Waals surface area contributed by atoms with E-state index in [4.69, 9.17) is 17.1 Å². The summed E-state index contributed by atoms with van der Waals surface area (Å²) in [6.07, 6.45) is 0.581. The number of azide groups is 1. The highest BCUT2D eigenvalue weighted by molar-refractivity contribution is 6.52. The monoisotopic (exact) mass is 281 g/mol. The van der Waals surface area contributed by atoms with E-state index in [1.165, 1.54) is 0 Å². The molecule has 9 heteroatoms. The Morgan fingerprint density at radius 2 is 1.79 bits per heavy atom. The van der Waals surface area contributed by atoms with Gasteiger partial charge in [-0.05, 0) is 5.53 Å². The number of aliphatic hydroxyl groups is 1. The van der Waals surface area contributed by atoms with E-state index in [-0.39, 0.29) is 0 Å². The number of hydrogen-bond donors (Lipinski definition) is 3. The molecular formula is C10H4ClN3O5. The Labute approximate surface area is 109 Å². The van der Waals surface area contributed by atoms with E-state index in [2.05, 4.69) is 10.0 Å². The van der Waals surface area contributed by atoms with Gasteiger partial charge in [0.2, 0.25) is 11.6 Å². The average molecular weight is 282 g/mol. The number of carbonyl (C=O) groups excluding carboxylic acids is 2. The zero-order valence-electron chi connectivity index (χ0n) is 8.96. The number of ketones is 2. The Hall–Kier alpha value is -2.70. The van der Waals surface area contributed by atoms with Crippen molar-refractivity contribution >= 4 is 34.6 Å². The highest BCUT2D eigenvalue weighted by Crippen LogP contribution is 2.49. The summed E-state index contributed by atoms with van der Waals surface area (Å²) in [5, 5.41) is 31.6. The number of nitrogens with zero attached hydrogens (tertiary/aromatic N) is 3. The van der Waals surface area contributed by atoms with Gasteiger partial charge in [0.05, 0.1) is 16.1 Å². The van der Waals surface area contributed by atoms with Crippen molar-refractivity contribution in [3.63, 3.8) is 0 Å². The van der Waals surface area contributed by atoms with Crippen LogP contribution in [0.1, 0.15) is 15.9 Å². The molecule has 3 N–H and O–H groups in total. The fraction of sp³-hybridized carbons (Fsp3) is 0.